The van der Waals surface area contributed by atoms with E-state index in [2.05, 4.69) is 43.3 Å². The minimum Gasteiger partial charge on any atom is -0.299 e. The van der Waals surface area contributed by atoms with Gasteiger partial charge < -0.3 is 0 Å². The van der Waals surface area contributed by atoms with Crippen LogP contribution in [0, 0.1) is 12.8 Å². The lowest BCUT2D eigenvalue weighted by Gasteiger charge is -2.41. The highest BCUT2D eigenvalue weighted by Crippen LogP contribution is 2.58. The van der Waals surface area contributed by atoms with Crippen molar-refractivity contribution in [3.05, 3.63) is 58.7 Å². The highest BCUT2D eigenvalue weighted by atomic mass is 16.1. The molecule has 3 aliphatic rings. The van der Waals surface area contributed by atoms with Crippen LogP contribution >= 0.6 is 0 Å². The third-order valence-corrected chi connectivity index (χ3v) is 6.18. The Morgan fingerprint density at radius 1 is 1.09 bits per heavy atom. The fraction of sp³-hybridized carbons (Fsp3) is 0.381. The third-order valence-electron chi connectivity index (χ3n) is 6.18. The molecule has 0 aliphatic heterocycles. The van der Waals surface area contributed by atoms with E-state index in [1.54, 1.807) is 5.57 Å². The minimum atomic E-state index is 0.118. The van der Waals surface area contributed by atoms with Crippen LogP contribution in [0.2, 0.25) is 0 Å². The van der Waals surface area contributed by atoms with E-state index in [0.717, 1.165) is 12.8 Å². The van der Waals surface area contributed by atoms with E-state index in [4.69, 9.17) is 0 Å². The zero-order chi connectivity index (χ0) is 14.9. The second-order valence-electron chi connectivity index (χ2n) is 7.58. The normalized spacial score (nSPS) is 29.2. The lowest BCUT2D eigenvalue weighted by molar-refractivity contribution is -0.120. The molecule has 0 N–H and O–H groups in total. The summed E-state index contributed by atoms with van der Waals surface area (Å²) < 4.78 is 0. The first-order valence-corrected chi connectivity index (χ1v) is 8.37. The Morgan fingerprint density at radius 2 is 2.00 bits per heavy atom. The van der Waals surface area contributed by atoms with Crippen molar-refractivity contribution in [2.45, 2.75) is 44.4 Å². The number of fused-ring (bicyclic) bond motifs is 6. The second-order valence-corrected chi connectivity index (χ2v) is 7.58. The van der Waals surface area contributed by atoms with Gasteiger partial charge in [0.1, 0.15) is 5.78 Å². The number of allylic oxidation sites excluding steroid dienone is 2. The molecule has 2 aromatic carbocycles. The number of ketones is 1. The Labute approximate surface area is 131 Å². The summed E-state index contributed by atoms with van der Waals surface area (Å²) in [5.41, 5.74) is 5.80. The maximum Gasteiger partial charge on any atom is 0.138 e. The van der Waals surface area contributed by atoms with Crippen molar-refractivity contribution in [2.24, 2.45) is 5.92 Å². The molecule has 0 amide bonds. The van der Waals surface area contributed by atoms with Gasteiger partial charge in [0.15, 0.2) is 0 Å². The average molecular weight is 288 g/mol. The molecule has 22 heavy (non-hydrogen) atoms. The fourth-order valence-corrected chi connectivity index (χ4v) is 5.22. The van der Waals surface area contributed by atoms with Crippen molar-refractivity contribution < 1.29 is 4.79 Å². The standard InChI is InChI=1S/C21H20O/c1-13-2-4-15-8-17-9-19(22)12-21(20(17)10-16(15)6-13)11-14-3-5-18(21)7-14/h2-4,6,8,10,18H,5,7,9,11-12H2,1H3. The molecule has 1 heteroatoms. The van der Waals surface area contributed by atoms with E-state index in [0.29, 0.717) is 18.1 Å². The van der Waals surface area contributed by atoms with Gasteiger partial charge in [0.2, 0.25) is 0 Å². The van der Waals surface area contributed by atoms with Crippen LogP contribution in [0.1, 0.15) is 42.4 Å². The van der Waals surface area contributed by atoms with E-state index in [9.17, 15) is 4.79 Å². The first-order chi connectivity index (χ1) is 10.6. The Morgan fingerprint density at radius 3 is 2.77 bits per heavy atom. The van der Waals surface area contributed by atoms with Crippen molar-refractivity contribution in [1.82, 2.24) is 0 Å². The van der Waals surface area contributed by atoms with Gasteiger partial charge in [-0.15, -0.1) is 0 Å². The third kappa shape index (κ3) is 1.57. The summed E-state index contributed by atoms with van der Waals surface area (Å²) in [4.78, 5) is 12.4. The average Bonchev–Trinajstić information content (AvgIpc) is 3.07. The topological polar surface area (TPSA) is 17.1 Å². The molecular weight excluding hydrogens is 268 g/mol. The van der Waals surface area contributed by atoms with Crippen molar-refractivity contribution in [3.8, 4) is 0 Å². The summed E-state index contributed by atoms with van der Waals surface area (Å²) in [5.74, 6) is 1.10. The number of carbonyl (C=O) groups excluding carboxylic acids is 1. The van der Waals surface area contributed by atoms with Crippen molar-refractivity contribution in [3.63, 3.8) is 0 Å². The van der Waals surface area contributed by atoms with Crippen LogP contribution in [-0.4, -0.2) is 5.78 Å². The lowest BCUT2D eigenvalue weighted by Crippen LogP contribution is -2.39. The number of rotatable bonds is 0. The van der Waals surface area contributed by atoms with Gasteiger partial charge in [0, 0.05) is 18.3 Å². The van der Waals surface area contributed by atoms with Crippen molar-refractivity contribution in [2.75, 3.05) is 0 Å². The van der Waals surface area contributed by atoms with Crippen LogP contribution in [-0.2, 0) is 16.6 Å². The maximum atomic E-state index is 12.4. The van der Waals surface area contributed by atoms with Gasteiger partial charge >= 0.3 is 0 Å². The number of benzene rings is 2. The van der Waals surface area contributed by atoms with Crippen LogP contribution in [0.4, 0.5) is 0 Å². The van der Waals surface area contributed by atoms with Crippen LogP contribution in [0.25, 0.3) is 10.8 Å². The van der Waals surface area contributed by atoms with Gasteiger partial charge in [0.05, 0.1) is 0 Å². The molecule has 2 unspecified atom stereocenters. The Kier molecular flexibility index (Phi) is 2.35. The number of Topliss-reactive ketones (excluding diaryl/α,β-unsaturated/α-hetero) is 1. The number of hydrogen-bond acceptors (Lipinski definition) is 1. The number of carbonyl (C=O) groups is 1. The van der Waals surface area contributed by atoms with E-state index in [1.807, 2.05) is 0 Å². The smallest absolute Gasteiger partial charge is 0.138 e. The molecule has 110 valence electrons. The highest BCUT2D eigenvalue weighted by Gasteiger charge is 2.51. The van der Waals surface area contributed by atoms with Crippen LogP contribution in [0.15, 0.2) is 42.0 Å². The van der Waals surface area contributed by atoms with E-state index >= 15 is 0 Å². The molecule has 2 bridgehead atoms. The molecule has 0 saturated heterocycles. The van der Waals surface area contributed by atoms with Crippen LogP contribution in [0.3, 0.4) is 0 Å². The highest BCUT2D eigenvalue weighted by molar-refractivity contribution is 5.91. The quantitative estimate of drug-likeness (QED) is 0.645. The largest absolute Gasteiger partial charge is 0.299 e. The molecule has 3 aliphatic carbocycles. The monoisotopic (exact) mass is 288 g/mol. The molecular formula is C21H20O. The molecule has 1 fully saturated rings. The maximum absolute atomic E-state index is 12.4. The summed E-state index contributed by atoms with van der Waals surface area (Å²) >= 11 is 0. The summed E-state index contributed by atoms with van der Waals surface area (Å²) in [5, 5.41) is 2.61. The molecule has 0 heterocycles. The number of hydrogen-bond donors (Lipinski definition) is 0. The summed E-state index contributed by atoms with van der Waals surface area (Å²) in [6, 6.07) is 11.3. The molecule has 0 radical (unpaired) electrons. The molecule has 2 atom stereocenters. The minimum absolute atomic E-state index is 0.118. The zero-order valence-electron chi connectivity index (χ0n) is 13.0. The van der Waals surface area contributed by atoms with E-state index in [-0.39, 0.29) is 5.41 Å². The SMILES string of the molecule is Cc1ccc2cc3c(cc2c1)C1(CC(=O)C3)CC2=CCC1C2. The lowest BCUT2D eigenvalue weighted by atomic mass is 9.62. The summed E-state index contributed by atoms with van der Waals surface area (Å²) in [6.45, 7) is 2.15. The van der Waals surface area contributed by atoms with Crippen molar-refractivity contribution in [1.29, 1.82) is 0 Å². The van der Waals surface area contributed by atoms with Gasteiger partial charge in [-0.25, -0.2) is 0 Å². The molecule has 0 aromatic heterocycles. The Bertz CT molecular complexity index is 858. The summed E-state index contributed by atoms with van der Waals surface area (Å²) in [6.07, 6.45) is 7.33. The first kappa shape index (κ1) is 12.6. The van der Waals surface area contributed by atoms with Gasteiger partial charge in [-0.05, 0) is 54.0 Å². The fourth-order valence-electron chi connectivity index (χ4n) is 5.22. The van der Waals surface area contributed by atoms with Gasteiger partial charge in [-0.1, -0.05) is 47.5 Å². The zero-order valence-corrected chi connectivity index (χ0v) is 13.0. The van der Waals surface area contributed by atoms with Gasteiger partial charge in [-0.3, -0.25) is 4.79 Å². The molecule has 1 nitrogen and oxygen atoms in total. The van der Waals surface area contributed by atoms with Crippen LogP contribution < -0.4 is 0 Å². The molecule has 5 rings (SSSR count). The molecule has 2 aromatic rings. The predicted octanol–water partition coefficient (Wildman–Crippen LogP) is 4.64. The Balaban J connectivity index is 1.78. The molecule has 1 saturated carbocycles. The Hall–Kier alpha value is -1.89. The number of aryl methyl sites for hydroxylation is 1. The van der Waals surface area contributed by atoms with E-state index in [1.165, 1.54) is 40.3 Å². The van der Waals surface area contributed by atoms with E-state index < -0.39 is 0 Å². The summed E-state index contributed by atoms with van der Waals surface area (Å²) in [7, 11) is 0. The van der Waals surface area contributed by atoms with Crippen LogP contribution in [0.5, 0.6) is 0 Å². The van der Waals surface area contributed by atoms with Crippen molar-refractivity contribution >= 4 is 16.6 Å². The predicted molar refractivity (Wildman–Crippen MR) is 89.1 cm³/mol. The van der Waals surface area contributed by atoms with Gasteiger partial charge in [-0.2, -0.15) is 0 Å². The first-order valence-electron chi connectivity index (χ1n) is 8.37. The second kappa shape index (κ2) is 4.10. The molecule has 1 spiro atoms. The van der Waals surface area contributed by atoms with Gasteiger partial charge in [0.25, 0.3) is 0 Å².